The number of hydrogen-bond acceptors (Lipinski definition) is 4. The Morgan fingerprint density at radius 3 is 2.75 bits per heavy atom. The molecular weight excluding hydrogens is 207 g/mol. The van der Waals surface area contributed by atoms with Crippen molar-refractivity contribution in [2.24, 2.45) is 0 Å². The molecule has 1 N–H and O–H groups in total. The summed E-state index contributed by atoms with van der Waals surface area (Å²) in [4.78, 5) is 9.59. The number of halogens is 2. The van der Waals surface area contributed by atoms with Crippen LogP contribution in [0.5, 0.6) is 0 Å². The molecule has 0 bridgehead atoms. The van der Waals surface area contributed by atoms with Gasteiger partial charge >= 0.3 is 0 Å². The molecule has 0 radical (unpaired) electrons. The van der Waals surface area contributed by atoms with Gasteiger partial charge in [0.15, 0.2) is 5.50 Å². The molecule has 0 aromatic rings. The summed E-state index contributed by atoms with van der Waals surface area (Å²) in [7, 11) is 0. The first-order valence-electron chi connectivity index (χ1n) is 2.88. The van der Waals surface area contributed by atoms with E-state index < -0.39 is 10.4 Å². The summed E-state index contributed by atoms with van der Waals surface area (Å²) >= 11 is 10.9. The second-order valence-electron chi connectivity index (χ2n) is 2.03. The maximum Gasteiger partial charge on any atom is 0.271 e. The molecule has 0 spiro atoms. The van der Waals surface area contributed by atoms with Crippen molar-refractivity contribution in [1.82, 2.24) is 5.06 Å². The number of rotatable bonds is 1. The van der Waals surface area contributed by atoms with Crippen LogP contribution < -0.4 is 0 Å². The smallest absolute Gasteiger partial charge is 0.271 e. The fraction of sp³-hybridized carbons (Fsp3) is 0.200. The molecule has 66 valence electrons. The Morgan fingerprint density at radius 1 is 1.75 bits per heavy atom. The van der Waals surface area contributed by atoms with Crippen LogP contribution in [0.25, 0.3) is 0 Å². The van der Waals surface area contributed by atoms with Gasteiger partial charge in [0, 0.05) is 6.08 Å². The lowest BCUT2D eigenvalue weighted by Gasteiger charge is -2.20. The number of nitrogens with zero attached hydrogens (tertiary/aromatic N) is 2. The van der Waals surface area contributed by atoms with Crippen LogP contribution in [0.1, 0.15) is 0 Å². The number of hydroxylamine groups is 2. The van der Waals surface area contributed by atoms with Crippen LogP contribution in [0.3, 0.4) is 0 Å². The molecule has 1 rings (SSSR count). The molecule has 1 atom stereocenters. The van der Waals surface area contributed by atoms with E-state index in [1.54, 1.807) is 0 Å². The van der Waals surface area contributed by atoms with Crippen molar-refractivity contribution >= 4 is 23.2 Å². The number of nitro groups is 1. The predicted molar refractivity (Wildman–Crippen MR) is 42.3 cm³/mol. The van der Waals surface area contributed by atoms with E-state index in [4.69, 9.17) is 28.4 Å². The highest BCUT2D eigenvalue weighted by molar-refractivity contribution is 6.30. The first kappa shape index (κ1) is 9.31. The third kappa shape index (κ3) is 1.69. The Balaban J connectivity index is 2.95. The average Bonchev–Trinajstić information content (AvgIpc) is 1.99. The van der Waals surface area contributed by atoms with Crippen LogP contribution >= 0.6 is 23.2 Å². The Bertz CT molecular complexity index is 276. The minimum Gasteiger partial charge on any atom is -0.286 e. The normalized spacial score (nSPS) is 23.2. The molecule has 1 aliphatic heterocycles. The molecule has 12 heavy (non-hydrogen) atoms. The number of hydrogen-bond donors (Lipinski definition) is 1. The predicted octanol–water partition coefficient (Wildman–Crippen LogP) is 1.50. The Hall–Kier alpha value is -0.780. The average molecular weight is 211 g/mol. The zero-order chi connectivity index (χ0) is 9.30. The minimum atomic E-state index is -0.997. The SMILES string of the molecule is O=[N+]([O-])C1=CC(Cl)N(O)C(Cl)=C1. The summed E-state index contributed by atoms with van der Waals surface area (Å²) in [6.07, 6.45) is 2.09. The molecular formula is C5H4Cl2N2O3. The van der Waals surface area contributed by atoms with Crippen molar-refractivity contribution in [2.75, 3.05) is 0 Å². The van der Waals surface area contributed by atoms with E-state index in [0.717, 1.165) is 12.2 Å². The minimum absolute atomic E-state index is 0.177. The second-order valence-corrected chi connectivity index (χ2v) is 2.87. The van der Waals surface area contributed by atoms with Gasteiger partial charge in [-0.05, 0) is 0 Å². The Kier molecular flexibility index (Phi) is 2.56. The topological polar surface area (TPSA) is 66.6 Å². The fourth-order valence-corrected chi connectivity index (χ4v) is 1.18. The van der Waals surface area contributed by atoms with Crippen LogP contribution in [-0.2, 0) is 0 Å². The lowest BCUT2D eigenvalue weighted by Crippen LogP contribution is -2.27. The summed E-state index contributed by atoms with van der Waals surface area (Å²) in [5.41, 5.74) is -1.23. The molecule has 0 aliphatic carbocycles. The van der Waals surface area contributed by atoms with Crippen molar-refractivity contribution in [3.63, 3.8) is 0 Å². The zero-order valence-electron chi connectivity index (χ0n) is 5.65. The van der Waals surface area contributed by atoms with E-state index in [1.165, 1.54) is 0 Å². The van der Waals surface area contributed by atoms with Crippen LogP contribution in [0.2, 0.25) is 0 Å². The van der Waals surface area contributed by atoms with Gasteiger partial charge in [-0.15, -0.1) is 0 Å². The van der Waals surface area contributed by atoms with E-state index in [2.05, 4.69) is 0 Å². The summed E-state index contributed by atoms with van der Waals surface area (Å²) in [6.45, 7) is 0. The van der Waals surface area contributed by atoms with E-state index in [9.17, 15) is 10.1 Å². The zero-order valence-corrected chi connectivity index (χ0v) is 7.16. The maximum atomic E-state index is 10.2. The number of alkyl halides is 1. The van der Waals surface area contributed by atoms with E-state index in [0.29, 0.717) is 5.06 Å². The molecule has 7 heteroatoms. The van der Waals surface area contributed by atoms with Gasteiger partial charge in [0.1, 0.15) is 5.16 Å². The molecule has 5 nitrogen and oxygen atoms in total. The van der Waals surface area contributed by atoms with Crippen LogP contribution in [0.4, 0.5) is 0 Å². The molecule has 1 aliphatic rings. The molecule has 0 saturated carbocycles. The molecule has 1 unspecified atom stereocenters. The first-order valence-corrected chi connectivity index (χ1v) is 3.69. The van der Waals surface area contributed by atoms with E-state index >= 15 is 0 Å². The third-order valence-electron chi connectivity index (χ3n) is 1.24. The van der Waals surface area contributed by atoms with Gasteiger partial charge in [-0.2, -0.15) is 0 Å². The van der Waals surface area contributed by atoms with Crippen molar-refractivity contribution in [3.8, 4) is 0 Å². The van der Waals surface area contributed by atoms with Gasteiger partial charge in [-0.25, -0.2) is 5.06 Å². The molecule has 1 heterocycles. The van der Waals surface area contributed by atoms with Gasteiger partial charge in [0.25, 0.3) is 5.70 Å². The first-order chi connectivity index (χ1) is 5.52. The summed E-state index contributed by atoms with van der Waals surface area (Å²) in [5, 5.41) is 19.6. The largest absolute Gasteiger partial charge is 0.286 e. The van der Waals surface area contributed by atoms with Gasteiger partial charge in [-0.1, -0.05) is 23.2 Å². The molecule has 0 aromatic heterocycles. The highest BCUT2D eigenvalue weighted by atomic mass is 35.5. The van der Waals surface area contributed by atoms with Gasteiger partial charge < -0.3 is 0 Å². The summed E-state index contributed by atoms with van der Waals surface area (Å²) in [5.74, 6) is 0. The fourth-order valence-electron chi connectivity index (χ4n) is 0.679. The van der Waals surface area contributed by atoms with E-state index in [1.807, 2.05) is 0 Å². The van der Waals surface area contributed by atoms with Crippen LogP contribution in [0, 0.1) is 10.1 Å². The van der Waals surface area contributed by atoms with Crippen LogP contribution in [-0.4, -0.2) is 20.7 Å². The van der Waals surface area contributed by atoms with Gasteiger partial charge in [0.2, 0.25) is 0 Å². The van der Waals surface area contributed by atoms with Crippen LogP contribution in [0.15, 0.2) is 23.0 Å². The molecule has 0 saturated heterocycles. The summed E-state index contributed by atoms with van der Waals surface area (Å²) in [6, 6.07) is 0. The summed E-state index contributed by atoms with van der Waals surface area (Å²) < 4.78 is 0. The highest BCUT2D eigenvalue weighted by Gasteiger charge is 2.24. The lowest BCUT2D eigenvalue weighted by molar-refractivity contribution is -0.420. The van der Waals surface area contributed by atoms with Crippen molar-refractivity contribution in [3.05, 3.63) is 33.1 Å². The molecule has 0 amide bonds. The van der Waals surface area contributed by atoms with Crippen molar-refractivity contribution in [2.45, 2.75) is 5.50 Å². The van der Waals surface area contributed by atoms with Crippen molar-refractivity contribution < 1.29 is 10.1 Å². The van der Waals surface area contributed by atoms with Crippen molar-refractivity contribution in [1.29, 1.82) is 0 Å². The monoisotopic (exact) mass is 210 g/mol. The number of allylic oxidation sites excluding steroid dienone is 1. The quantitative estimate of drug-likeness (QED) is 0.309. The van der Waals surface area contributed by atoms with Gasteiger partial charge in [0.05, 0.1) is 11.0 Å². The second kappa shape index (κ2) is 3.30. The highest BCUT2D eigenvalue weighted by Crippen LogP contribution is 2.23. The van der Waals surface area contributed by atoms with Gasteiger partial charge in [-0.3, -0.25) is 15.3 Å². The Morgan fingerprint density at radius 2 is 2.33 bits per heavy atom. The standard InChI is InChI=1S/C5H4Cl2N2O3/c6-4-1-3(9(11)12)2-5(7)8(4)10/h1-2,4,10H. The molecule has 0 aromatic carbocycles. The maximum absolute atomic E-state index is 10.2. The Labute approximate surface area is 77.6 Å². The molecule has 0 fully saturated rings. The third-order valence-corrected chi connectivity index (χ3v) is 1.83. The van der Waals surface area contributed by atoms with E-state index in [-0.39, 0.29) is 10.9 Å². The lowest BCUT2D eigenvalue weighted by atomic mass is 10.3.